The summed E-state index contributed by atoms with van der Waals surface area (Å²) in [5, 5.41) is 0. The maximum absolute atomic E-state index is 17.0. The molecular formula is C38H50F4N2O4S2Ti. The predicted molar refractivity (Wildman–Crippen MR) is 198 cm³/mol. The summed E-state index contributed by atoms with van der Waals surface area (Å²) >= 11 is -5.28. The quantitative estimate of drug-likeness (QED) is 0.0707. The van der Waals surface area contributed by atoms with E-state index in [1.165, 1.54) is 0 Å². The Kier molecular flexibility index (Phi) is 15.2. The molecule has 2 N–H and O–H groups in total. The Morgan fingerprint density at radius 2 is 0.863 bits per heavy atom. The van der Waals surface area contributed by atoms with Crippen molar-refractivity contribution in [3.63, 3.8) is 0 Å². The van der Waals surface area contributed by atoms with Crippen molar-refractivity contribution < 1.29 is 51.0 Å². The van der Waals surface area contributed by atoms with Crippen LogP contribution in [0.3, 0.4) is 0 Å². The second-order valence-electron chi connectivity index (χ2n) is 13.4. The Morgan fingerprint density at radius 1 is 0.529 bits per heavy atom. The fourth-order valence-electron chi connectivity index (χ4n) is 7.09. The van der Waals surface area contributed by atoms with E-state index in [9.17, 15) is 16.8 Å². The predicted octanol–water partition coefficient (Wildman–Crippen LogP) is 9.38. The first-order chi connectivity index (χ1) is 24.4. The Bertz CT molecular complexity index is 1690. The van der Waals surface area contributed by atoms with Crippen molar-refractivity contribution in [3.05, 3.63) is 96.1 Å². The molecule has 0 aromatic heterocycles. The van der Waals surface area contributed by atoms with Gasteiger partial charge in [0.1, 0.15) is 0 Å². The SMILES string of the molecule is CCCCCCCCS(=O)(=O)Nc1ccc(F)[c]([Ti]([c]2c(F)ccc(NS(=O)(=O)CCCCCCCC)c2F)([CH]2C=CC=C2)[CH]2C=CC=C2)c1F. The van der Waals surface area contributed by atoms with Crippen LogP contribution in [0.5, 0.6) is 0 Å². The Hall–Kier alpha value is -2.67. The number of unbranched alkanes of at least 4 members (excludes halogenated alkanes) is 10. The number of sulfonamides is 2. The molecule has 0 aliphatic heterocycles. The van der Waals surface area contributed by atoms with Crippen LogP contribution >= 0.6 is 0 Å². The van der Waals surface area contributed by atoms with Crippen LogP contribution in [0.2, 0.25) is 8.45 Å². The summed E-state index contributed by atoms with van der Waals surface area (Å²) in [6.45, 7) is 4.16. The molecule has 2 aromatic carbocycles. The van der Waals surface area contributed by atoms with E-state index in [0.717, 1.165) is 75.6 Å². The van der Waals surface area contributed by atoms with Crippen molar-refractivity contribution in [1.29, 1.82) is 0 Å². The van der Waals surface area contributed by atoms with Crippen LogP contribution in [0, 0.1) is 23.3 Å². The average Bonchev–Trinajstić information content (AvgIpc) is 3.82. The molecule has 0 unspecified atom stereocenters. The second kappa shape index (κ2) is 18.9. The van der Waals surface area contributed by atoms with Gasteiger partial charge in [-0.1, -0.05) is 13.8 Å². The van der Waals surface area contributed by atoms with Crippen molar-refractivity contribution in [2.45, 2.75) is 99.3 Å². The molecule has 13 heteroatoms. The molecule has 6 nitrogen and oxygen atoms in total. The molecule has 0 saturated heterocycles. The van der Waals surface area contributed by atoms with E-state index < -0.39 is 87.5 Å². The van der Waals surface area contributed by atoms with Crippen molar-refractivity contribution >= 4 is 39.2 Å². The third-order valence-corrected chi connectivity index (χ3v) is 20.8. The van der Waals surface area contributed by atoms with Gasteiger partial charge in [-0.15, -0.1) is 0 Å². The summed E-state index contributed by atoms with van der Waals surface area (Å²) in [4.78, 5) is 0. The molecule has 2 aromatic rings. The van der Waals surface area contributed by atoms with Crippen molar-refractivity contribution in [2.24, 2.45) is 0 Å². The van der Waals surface area contributed by atoms with Gasteiger partial charge in [0.15, 0.2) is 0 Å². The van der Waals surface area contributed by atoms with E-state index in [-0.39, 0.29) is 11.5 Å². The zero-order chi connectivity index (χ0) is 37.1. The van der Waals surface area contributed by atoms with Crippen molar-refractivity contribution in [1.82, 2.24) is 0 Å². The van der Waals surface area contributed by atoms with Crippen molar-refractivity contribution in [2.75, 3.05) is 20.9 Å². The molecule has 0 atom stereocenters. The van der Waals surface area contributed by atoms with Crippen LogP contribution in [0.15, 0.2) is 72.9 Å². The molecule has 0 saturated carbocycles. The fourth-order valence-corrected chi connectivity index (χ4v) is 18.3. The third-order valence-electron chi connectivity index (χ3n) is 9.62. The number of nitrogens with one attached hydrogen (secondary N) is 2. The first-order valence-corrected chi connectivity index (χ1v) is 24.7. The molecule has 280 valence electrons. The Labute approximate surface area is 305 Å². The van der Waals surface area contributed by atoms with E-state index in [2.05, 4.69) is 23.3 Å². The molecule has 2 aliphatic rings. The monoisotopic (exact) mass is 786 g/mol. The van der Waals surface area contributed by atoms with Gasteiger partial charge in [0.2, 0.25) is 0 Å². The average molecular weight is 787 g/mol. The molecule has 4 rings (SSSR count). The Morgan fingerprint density at radius 3 is 1.22 bits per heavy atom. The second-order valence-corrected chi connectivity index (χ2v) is 23.4. The standard InChI is InChI=1S/2C14H20F2NO2S.2C5H5.Ti/c2*1-2-3-4-5-6-7-10-20(18,19)17-14-9-8-12(15)11-13(14)16;2*1-2-4-5-3-1;/h2*8-9,17H,2-7,10H2,1H3;2*1-5H;. The molecule has 0 bridgehead atoms. The Balaban J connectivity index is 1.80. The minimum atomic E-state index is -5.28. The first-order valence-electron chi connectivity index (χ1n) is 18.1. The normalized spacial score (nSPS) is 15.0. The third kappa shape index (κ3) is 10.3. The number of allylic oxidation sites excluding steroid dienone is 8. The van der Waals surface area contributed by atoms with Crippen LogP contribution in [0.1, 0.15) is 90.9 Å². The van der Waals surface area contributed by atoms with E-state index in [1.807, 2.05) is 0 Å². The van der Waals surface area contributed by atoms with Gasteiger partial charge in [-0.25, -0.2) is 0 Å². The number of benzene rings is 2. The summed E-state index contributed by atoms with van der Waals surface area (Å²) in [7, 11) is -8.12. The van der Waals surface area contributed by atoms with Gasteiger partial charge < -0.3 is 0 Å². The summed E-state index contributed by atoms with van der Waals surface area (Å²) in [5.41, 5.74) is -1.03. The number of hydrogen-bond donors (Lipinski definition) is 2. The molecule has 0 amide bonds. The van der Waals surface area contributed by atoms with Crippen molar-refractivity contribution in [3.8, 4) is 0 Å². The van der Waals surface area contributed by atoms with E-state index in [0.29, 0.717) is 25.7 Å². The molecule has 2 aliphatic carbocycles. The van der Waals surface area contributed by atoms with Gasteiger partial charge in [0.05, 0.1) is 0 Å². The minimum absolute atomic E-state index is 0.274. The molecule has 0 heterocycles. The van der Waals surface area contributed by atoms with Crippen LogP contribution in [0.25, 0.3) is 0 Å². The molecule has 0 fully saturated rings. The van der Waals surface area contributed by atoms with Crippen LogP contribution in [-0.4, -0.2) is 28.3 Å². The van der Waals surface area contributed by atoms with Gasteiger partial charge in [-0.05, 0) is 0 Å². The van der Waals surface area contributed by atoms with Gasteiger partial charge in [0.25, 0.3) is 0 Å². The fraction of sp³-hybridized carbons (Fsp3) is 0.474. The molecule has 51 heavy (non-hydrogen) atoms. The zero-order valence-corrected chi connectivity index (χ0v) is 32.6. The van der Waals surface area contributed by atoms with Gasteiger partial charge in [-0.3, -0.25) is 0 Å². The van der Waals surface area contributed by atoms with E-state index >= 15 is 17.6 Å². The van der Waals surface area contributed by atoms with E-state index in [1.54, 1.807) is 48.6 Å². The molecular weight excluding hydrogens is 736 g/mol. The summed E-state index contributed by atoms with van der Waals surface area (Å²) in [6.07, 6.45) is 23.1. The van der Waals surface area contributed by atoms with Gasteiger partial charge in [0, 0.05) is 0 Å². The van der Waals surface area contributed by atoms with Gasteiger partial charge in [-0.2, -0.15) is 0 Å². The van der Waals surface area contributed by atoms with Gasteiger partial charge >= 0.3 is 293 Å². The topological polar surface area (TPSA) is 92.3 Å². The number of anilines is 2. The molecule has 0 spiro atoms. The number of rotatable bonds is 22. The summed E-state index contributed by atoms with van der Waals surface area (Å²) < 4.78 is 121. The maximum atomic E-state index is 17.0. The van der Waals surface area contributed by atoms with Crippen LogP contribution in [-0.2, 0) is 36.6 Å². The van der Waals surface area contributed by atoms with Crippen LogP contribution < -0.4 is 17.2 Å². The first kappa shape index (κ1) is 41.1. The zero-order valence-electron chi connectivity index (χ0n) is 29.4. The van der Waals surface area contributed by atoms with Crippen LogP contribution in [0.4, 0.5) is 28.9 Å². The number of hydrogen-bond acceptors (Lipinski definition) is 4. The van der Waals surface area contributed by atoms with E-state index in [4.69, 9.17) is 0 Å². The number of halogens is 4. The summed E-state index contributed by atoms with van der Waals surface area (Å²) in [6, 6.07) is 3.82. The molecule has 0 radical (unpaired) electrons. The summed E-state index contributed by atoms with van der Waals surface area (Å²) in [5.74, 6) is -5.16.